The predicted molar refractivity (Wildman–Crippen MR) is 407 cm³/mol. The van der Waals surface area contributed by atoms with Gasteiger partial charge in [0, 0.05) is 77.0 Å². The maximum Gasteiger partial charge on any atom is 0.229 e. The Labute approximate surface area is 565 Å². The molecule has 19 aromatic rings. The number of oxazole rings is 1. The lowest BCUT2D eigenvalue weighted by atomic mass is 9.77. The molecule has 19 rings (SSSR count). The molecule has 0 aliphatic rings. The molecule has 0 saturated carbocycles. The van der Waals surface area contributed by atoms with Crippen molar-refractivity contribution in [3.05, 3.63) is 318 Å². The molecule has 14 aromatic carbocycles. The van der Waals surface area contributed by atoms with Gasteiger partial charge in [-0.2, -0.15) is 5.26 Å². The number of rotatable bonds is 9. The van der Waals surface area contributed by atoms with Gasteiger partial charge in [0.15, 0.2) is 5.58 Å². The van der Waals surface area contributed by atoms with Crippen molar-refractivity contribution in [1.29, 1.82) is 5.26 Å². The zero-order valence-electron chi connectivity index (χ0n) is 54.7. The van der Waals surface area contributed by atoms with Crippen LogP contribution in [0.25, 0.3) is 177 Å². The lowest BCUT2D eigenvalue weighted by Gasteiger charge is -2.25. The maximum absolute atomic E-state index is 12.6. The molecule has 0 atom stereocenters. The molecule has 0 fully saturated rings. The van der Waals surface area contributed by atoms with Gasteiger partial charge in [0.05, 0.1) is 55.3 Å². The van der Waals surface area contributed by atoms with E-state index in [1.165, 1.54) is 70.9 Å². The van der Waals surface area contributed by atoms with Gasteiger partial charge < -0.3 is 22.7 Å². The Bertz CT molecular complexity index is 6490. The van der Waals surface area contributed by atoms with E-state index in [-0.39, 0.29) is 0 Å². The van der Waals surface area contributed by atoms with Crippen molar-refractivity contribution in [2.75, 3.05) is 0 Å². The highest BCUT2D eigenvalue weighted by molar-refractivity contribution is 6.15. The van der Waals surface area contributed by atoms with Crippen LogP contribution in [0.15, 0.2) is 290 Å². The number of nitriles is 1. The van der Waals surface area contributed by atoms with E-state index in [1.54, 1.807) is 0 Å². The number of hydrogen-bond acceptors (Lipinski definition) is 3. The Morgan fingerprint density at radius 2 is 0.551 bits per heavy atom. The zero-order chi connectivity index (χ0) is 65.6. The Morgan fingerprint density at radius 3 is 0.888 bits per heavy atom. The van der Waals surface area contributed by atoms with Crippen LogP contribution in [0.2, 0.25) is 0 Å². The van der Waals surface area contributed by atoms with Gasteiger partial charge >= 0.3 is 0 Å². The van der Waals surface area contributed by atoms with Crippen LogP contribution in [-0.2, 0) is 0 Å². The van der Waals surface area contributed by atoms with E-state index in [0.717, 1.165) is 111 Å². The SMILES string of the molecule is Cc1ccc2c(c1)c1ccccc1n2-c1ccc(-c2c(C#N)c(-c3nc4ccccc4o3)c(-c3ccc(-n4c5ccccc5c5cc(C)ccc54)cc3)c(-c3ccc(-n4c5ccc(C)cc5c5cc(C)ccc54)cc3)c2-c2ccc(-n3c4ccccc4c4cc(C)ccc43)cc2)cc1. The standard InChI is InChI=1S/C91H62N6O/c1-54-22-43-80-70(48-54)67-14-6-10-18-77(67)94(80)63-35-27-59(28-36-63)86-75(53-92)90(91-93-76-17-9-13-21-85(76)98-91)89(62-33-41-65(42-34-62)96-79-20-12-8-16-69(79)72-50-56(3)24-45-82(72)96)88(61-31-39-66(40-32-61)97-83-46-25-57(4)51-73(83)74-52-58(5)26-47-84(74)97)87(86)60-29-37-64(38-30-60)95-78-19-11-7-15-68(78)71-49-55(2)23-44-81(71)95/h6-52H,1-5H3. The van der Waals surface area contributed by atoms with Crippen molar-refractivity contribution >= 4 is 98.3 Å². The van der Waals surface area contributed by atoms with Crippen LogP contribution in [-0.4, -0.2) is 23.3 Å². The molecule has 0 radical (unpaired) electrons. The van der Waals surface area contributed by atoms with Gasteiger partial charge in [-0.25, -0.2) is 4.98 Å². The zero-order valence-corrected chi connectivity index (χ0v) is 54.7. The second-order valence-electron chi connectivity index (χ2n) is 26.5. The molecular weight excluding hydrogens is 1190 g/mol. The summed E-state index contributed by atoms with van der Waals surface area (Å²) in [4.78, 5) is 5.38. The monoisotopic (exact) mass is 1250 g/mol. The summed E-state index contributed by atoms with van der Waals surface area (Å²) in [6, 6.07) is 106. The lowest BCUT2D eigenvalue weighted by Crippen LogP contribution is -2.03. The van der Waals surface area contributed by atoms with E-state index in [9.17, 15) is 5.26 Å². The molecule has 0 amide bonds. The third kappa shape index (κ3) is 8.71. The van der Waals surface area contributed by atoms with Gasteiger partial charge in [-0.1, -0.05) is 173 Å². The molecule has 0 saturated heterocycles. The van der Waals surface area contributed by atoms with E-state index < -0.39 is 0 Å². The normalized spacial score (nSPS) is 11.9. The van der Waals surface area contributed by atoms with Crippen molar-refractivity contribution in [2.24, 2.45) is 0 Å². The van der Waals surface area contributed by atoms with Crippen molar-refractivity contribution in [2.45, 2.75) is 34.6 Å². The summed E-state index contributed by atoms with van der Waals surface area (Å²) >= 11 is 0. The number of hydrogen-bond donors (Lipinski definition) is 0. The number of aryl methyl sites for hydroxylation is 5. The second-order valence-corrected chi connectivity index (χ2v) is 26.5. The summed E-state index contributed by atoms with van der Waals surface area (Å²) in [5, 5.41) is 22.2. The Morgan fingerprint density at radius 1 is 0.276 bits per heavy atom. The highest BCUT2D eigenvalue weighted by atomic mass is 16.3. The highest BCUT2D eigenvalue weighted by Gasteiger charge is 2.32. The molecule has 7 nitrogen and oxygen atoms in total. The van der Waals surface area contributed by atoms with E-state index >= 15 is 0 Å². The molecule has 7 heteroatoms. The van der Waals surface area contributed by atoms with Gasteiger partial charge in [0.2, 0.25) is 5.89 Å². The first kappa shape index (κ1) is 56.8. The fourth-order valence-corrected chi connectivity index (χ4v) is 15.9. The van der Waals surface area contributed by atoms with Crippen LogP contribution >= 0.6 is 0 Å². The predicted octanol–water partition coefficient (Wildman–Crippen LogP) is 24.0. The van der Waals surface area contributed by atoms with Crippen molar-refractivity contribution in [1.82, 2.24) is 23.3 Å². The first-order chi connectivity index (χ1) is 48.1. The molecule has 462 valence electrons. The quantitative estimate of drug-likeness (QED) is 0.145. The smallest absolute Gasteiger partial charge is 0.229 e. The minimum atomic E-state index is 0.357. The van der Waals surface area contributed by atoms with Crippen LogP contribution < -0.4 is 0 Å². The first-order valence-corrected chi connectivity index (χ1v) is 33.5. The van der Waals surface area contributed by atoms with Crippen LogP contribution in [0.4, 0.5) is 0 Å². The second kappa shape index (κ2) is 21.9. The van der Waals surface area contributed by atoms with Crippen molar-refractivity contribution in [3.63, 3.8) is 0 Å². The summed E-state index contributed by atoms with van der Waals surface area (Å²) in [5.41, 5.74) is 28.6. The first-order valence-electron chi connectivity index (χ1n) is 33.5. The molecule has 0 aliphatic heterocycles. The topological polar surface area (TPSA) is 69.5 Å². The maximum atomic E-state index is 12.6. The third-order valence-electron chi connectivity index (χ3n) is 20.3. The van der Waals surface area contributed by atoms with Gasteiger partial charge in [0.25, 0.3) is 0 Å². The minimum Gasteiger partial charge on any atom is -0.436 e. The summed E-state index contributed by atoms with van der Waals surface area (Å²) in [6.07, 6.45) is 0. The van der Waals surface area contributed by atoms with Gasteiger partial charge in [-0.3, -0.25) is 0 Å². The summed E-state index contributed by atoms with van der Waals surface area (Å²) in [6.45, 7) is 10.8. The fraction of sp³-hybridized carbons (Fsp3) is 0.0549. The van der Waals surface area contributed by atoms with Crippen molar-refractivity contribution in [3.8, 4) is 84.8 Å². The summed E-state index contributed by atoms with van der Waals surface area (Å²) in [5.74, 6) is 0.357. The molecule has 0 bridgehead atoms. The number of nitrogens with zero attached hydrogens (tertiary/aromatic N) is 6. The highest BCUT2D eigenvalue weighted by Crippen LogP contribution is 2.54. The van der Waals surface area contributed by atoms with Crippen LogP contribution in [0.5, 0.6) is 0 Å². The van der Waals surface area contributed by atoms with Crippen LogP contribution in [0.3, 0.4) is 0 Å². The summed E-state index contributed by atoms with van der Waals surface area (Å²) < 4.78 is 16.6. The fourth-order valence-electron chi connectivity index (χ4n) is 15.9. The average molecular weight is 1260 g/mol. The molecule has 0 unspecified atom stereocenters. The number of fused-ring (bicyclic) bond motifs is 13. The largest absolute Gasteiger partial charge is 0.436 e. The lowest BCUT2D eigenvalue weighted by molar-refractivity contribution is 0.620. The molecule has 5 aromatic heterocycles. The van der Waals surface area contributed by atoms with Crippen LogP contribution in [0.1, 0.15) is 33.4 Å². The number of para-hydroxylation sites is 5. The van der Waals surface area contributed by atoms with Crippen molar-refractivity contribution < 1.29 is 4.42 Å². The minimum absolute atomic E-state index is 0.357. The number of aromatic nitrogens is 5. The van der Waals surface area contributed by atoms with Gasteiger partial charge in [-0.05, 0) is 208 Å². The van der Waals surface area contributed by atoms with Crippen LogP contribution in [0, 0.1) is 45.9 Å². The molecule has 0 N–H and O–H groups in total. The Hall–Kier alpha value is -12.8. The summed E-state index contributed by atoms with van der Waals surface area (Å²) in [7, 11) is 0. The van der Waals surface area contributed by atoms with E-state index in [2.05, 4.69) is 320 Å². The molecule has 0 aliphatic carbocycles. The third-order valence-corrected chi connectivity index (χ3v) is 20.3. The van der Waals surface area contributed by atoms with Gasteiger partial charge in [-0.15, -0.1) is 0 Å². The van der Waals surface area contributed by atoms with E-state index in [0.29, 0.717) is 28.1 Å². The molecular formula is C91H62N6O. The molecule has 5 heterocycles. The molecule has 98 heavy (non-hydrogen) atoms. The Kier molecular flexibility index (Phi) is 12.7. The Balaban J connectivity index is 0.922. The van der Waals surface area contributed by atoms with E-state index in [1.807, 2.05) is 24.3 Å². The van der Waals surface area contributed by atoms with E-state index in [4.69, 9.17) is 9.40 Å². The average Bonchev–Trinajstić information content (AvgIpc) is 1.41. The number of benzene rings is 14. The molecule has 0 spiro atoms. The van der Waals surface area contributed by atoms with Gasteiger partial charge in [0.1, 0.15) is 11.6 Å².